The Balaban J connectivity index is 1.32. The number of imidazole rings is 1. The number of Topliss-reactive ketones (excluding diaryl/α,β-unsaturated/α-hetero) is 1. The van der Waals surface area contributed by atoms with Crippen LogP contribution in [0.3, 0.4) is 0 Å². The maximum absolute atomic E-state index is 12.3. The zero-order valence-electron chi connectivity index (χ0n) is 17.6. The van der Waals surface area contributed by atoms with Crippen molar-refractivity contribution >= 4 is 5.78 Å². The molecular formula is C26H25N3O2. The van der Waals surface area contributed by atoms with Gasteiger partial charge in [0.05, 0.1) is 17.7 Å². The fourth-order valence-electron chi connectivity index (χ4n) is 3.45. The van der Waals surface area contributed by atoms with Gasteiger partial charge in [-0.1, -0.05) is 36.4 Å². The Hall–Kier alpha value is -3.73. The molecule has 156 valence electrons. The standard InChI is InChI=1S/C26H25N3O2/c1-20-17-29(19-28-20)26-7-3-2-6-23(26)18-31-25-12-9-21(10-13-25)15-24(30)11-8-22-5-4-14-27-16-22/h2-7,9-10,12-14,16-17,19H,8,11,15,18H2,1H3. The van der Waals surface area contributed by atoms with E-state index >= 15 is 0 Å². The van der Waals surface area contributed by atoms with E-state index in [0.29, 0.717) is 19.4 Å². The van der Waals surface area contributed by atoms with Crippen LogP contribution in [0.25, 0.3) is 5.69 Å². The Labute approximate surface area is 182 Å². The molecule has 0 aliphatic rings. The molecule has 2 aromatic heterocycles. The SMILES string of the molecule is Cc1cn(-c2ccccc2COc2ccc(CC(=O)CCc3cccnc3)cc2)cn1. The molecule has 0 radical (unpaired) electrons. The van der Waals surface area contributed by atoms with Crippen LogP contribution in [0.5, 0.6) is 5.75 Å². The van der Waals surface area contributed by atoms with Gasteiger partial charge < -0.3 is 9.30 Å². The number of ether oxygens (including phenoxy) is 1. The highest BCUT2D eigenvalue weighted by atomic mass is 16.5. The number of para-hydroxylation sites is 1. The first-order valence-corrected chi connectivity index (χ1v) is 10.4. The fourth-order valence-corrected chi connectivity index (χ4v) is 3.45. The Morgan fingerprint density at radius 2 is 1.84 bits per heavy atom. The molecule has 0 spiro atoms. The molecule has 0 aliphatic heterocycles. The van der Waals surface area contributed by atoms with Crippen molar-refractivity contribution in [3.8, 4) is 11.4 Å². The second kappa shape index (κ2) is 9.85. The minimum atomic E-state index is 0.224. The summed E-state index contributed by atoms with van der Waals surface area (Å²) in [5.41, 5.74) is 5.19. The number of rotatable bonds is 9. The lowest BCUT2D eigenvalue weighted by atomic mass is 10.0. The summed E-state index contributed by atoms with van der Waals surface area (Å²) in [6.07, 6.45) is 9.05. The molecule has 0 saturated carbocycles. The number of carbonyl (C=O) groups excluding carboxylic acids is 1. The Morgan fingerprint density at radius 1 is 1.00 bits per heavy atom. The first-order valence-electron chi connectivity index (χ1n) is 10.4. The summed E-state index contributed by atoms with van der Waals surface area (Å²) in [6.45, 7) is 2.43. The van der Waals surface area contributed by atoms with Crippen LogP contribution in [-0.4, -0.2) is 20.3 Å². The predicted molar refractivity (Wildman–Crippen MR) is 120 cm³/mol. The lowest BCUT2D eigenvalue weighted by Crippen LogP contribution is -2.05. The highest BCUT2D eigenvalue weighted by Gasteiger charge is 2.07. The van der Waals surface area contributed by atoms with E-state index in [0.717, 1.165) is 40.2 Å². The summed E-state index contributed by atoms with van der Waals surface area (Å²) in [4.78, 5) is 20.7. The van der Waals surface area contributed by atoms with Gasteiger partial charge in [-0.3, -0.25) is 9.78 Å². The number of carbonyl (C=O) groups is 1. The largest absolute Gasteiger partial charge is 0.489 e. The van der Waals surface area contributed by atoms with Crippen LogP contribution < -0.4 is 4.74 Å². The Morgan fingerprint density at radius 3 is 2.58 bits per heavy atom. The molecule has 0 bridgehead atoms. The number of hydrogen-bond acceptors (Lipinski definition) is 4. The summed E-state index contributed by atoms with van der Waals surface area (Å²) in [6, 6.07) is 19.8. The van der Waals surface area contributed by atoms with Crippen molar-refractivity contribution in [2.45, 2.75) is 32.8 Å². The molecule has 0 fully saturated rings. The van der Waals surface area contributed by atoms with Gasteiger partial charge in [0.2, 0.25) is 0 Å². The number of aryl methyl sites for hydroxylation is 2. The van der Waals surface area contributed by atoms with Crippen molar-refractivity contribution < 1.29 is 9.53 Å². The number of pyridine rings is 1. The van der Waals surface area contributed by atoms with Crippen LogP contribution in [-0.2, 0) is 24.2 Å². The lowest BCUT2D eigenvalue weighted by molar-refractivity contribution is -0.118. The van der Waals surface area contributed by atoms with Crippen molar-refractivity contribution in [2.75, 3.05) is 0 Å². The number of aromatic nitrogens is 3. The van der Waals surface area contributed by atoms with Crippen LogP contribution in [0, 0.1) is 6.92 Å². The number of ketones is 1. The molecule has 4 rings (SSSR count). The third-order valence-corrected chi connectivity index (χ3v) is 5.12. The van der Waals surface area contributed by atoms with Gasteiger partial charge in [0, 0.05) is 37.0 Å². The molecular weight excluding hydrogens is 386 g/mol. The van der Waals surface area contributed by atoms with Crippen molar-refractivity contribution in [1.82, 2.24) is 14.5 Å². The second-order valence-electron chi connectivity index (χ2n) is 7.56. The molecule has 2 heterocycles. The van der Waals surface area contributed by atoms with Gasteiger partial charge in [-0.2, -0.15) is 0 Å². The third kappa shape index (κ3) is 5.66. The molecule has 0 saturated heterocycles. The van der Waals surface area contributed by atoms with Crippen molar-refractivity contribution in [3.63, 3.8) is 0 Å². The van der Waals surface area contributed by atoms with E-state index in [1.54, 1.807) is 6.20 Å². The van der Waals surface area contributed by atoms with Gasteiger partial charge in [-0.05, 0) is 48.7 Å². The lowest BCUT2D eigenvalue weighted by Gasteiger charge is -2.12. The summed E-state index contributed by atoms with van der Waals surface area (Å²) in [5, 5.41) is 0. The van der Waals surface area contributed by atoms with Crippen LogP contribution >= 0.6 is 0 Å². The van der Waals surface area contributed by atoms with Gasteiger partial charge in [-0.25, -0.2) is 4.98 Å². The average Bonchev–Trinajstić information content (AvgIpc) is 3.24. The molecule has 0 atom stereocenters. The van der Waals surface area contributed by atoms with E-state index < -0.39 is 0 Å². The van der Waals surface area contributed by atoms with E-state index in [4.69, 9.17) is 4.74 Å². The molecule has 0 amide bonds. The van der Waals surface area contributed by atoms with Gasteiger partial charge >= 0.3 is 0 Å². The van der Waals surface area contributed by atoms with E-state index in [1.807, 2.05) is 78.7 Å². The fraction of sp³-hybridized carbons (Fsp3) is 0.192. The van der Waals surface area contributed by atoms with E-state index in [2.05, 4.69) is 22.1 Å². The van der Waals surface area contributed by atoms with Crippen LogP contribution in [0.2, 0.25) is 0 Å². The van der Waals surface area contributed by atoms with Crippen molar-refractivity contribution in [2.24, 2.45) is 0 Å². The minimum absolute atomic E-state index is 0.224. The summed E-state index contributed by atoms with van der Waals surface area (Å²) in [5.74, 6) is 1.00. The highest BCUT2D eigenvalue weighted by Crippen LogP contribution is 2.19. The summed E-state index contributed by atoms with van der Waals surface area (Å²) in [7, 11) is 0. The van der Waals surface area contributed by atoms with Crippen molar-refractivity contribution in [1.29, 1.82) is 0 Å². The monoisotopic (exact) mass is 411 g/mol. The molecule has 2 aromatic carbocycles. The maximum atomic E-state index is 12.3. The summed E-state index contributed by atoms with van der Waals surface area (Å²) >= 11 is 0. The average molecular weight is 412 g/mol. The Kier molecular flexibility index (Phi) is 6.53. The smallest absolute Gasteiger partial charge is 0.137 e. The highest BCUT2D eigenvalue weighted by molar-refractivity contribution is 5.81. The molecule has 0 aliphatic carbocycles. The second-order valence-corrected chi connectivity index (χ2v) is 7.56. The Bertz CT molecular complexity index is 1130. The van der Waals surface area contributed by atoms with Crippen LogP contribution in [0.4, 0.5) is 0 Å². The first-order chi connectivity index (χ1) is 15.2. The quantitative estimate of drug-likeness (QED) is 0.393. The van der Waals surface area contributed by atoms with Crippen LogP contribution in [0.15, 0.2) is 85.6 Å². The molecule has 5 nitrogen and oxygen atoms in total. The number of benzene rings is 2. The zero-order valence-corrected chi connectivity index (χ0v) is 17.6. The van der Waals surface area contributed by atoms with Gasteiger partial charge in [0.25, 0.3) is 0 Å². The molecule has 5 heteroatoms. The maximum Gasteiger partial charge on any atom is 0.137 e. The van der Waals surface area contributed by atoms with Gasteiger partial charge in [-0.15, -0.1) is 0 Å². The predicted octanol–water partition coefficient (Wildman–Crippen LogP) is 4.90. The van der Waals surface area contributed by atoms with E-state index in [1.165, 1.54) is 0 Å². The molecule has 4 aromatic rings. The minimum Gasteiger partial charge on any atom is -0.489 e. The number of hydrogen-bond donors (Lipinski definition) is 0. The first kappa shape index (κ1) is 20.5. The molecule has 31 heavy (non-hydrogen) atoms. The molecule has 0 N–H and O–H groups in total. The van der Waals surface area contributed by atoms with E-state index in [9.17, 15) is 4.79 Å². The van der Waals surface area contributed by atoms with Crippen molar-refractivity contribution in [3.05, 3.63) is 108 Å². The molecule has 0 unspecified atom stereocenters. The topological polar surface area (TPSA) is 57.0 Å². The zero-order chi connectivity index (χ0) is 21.5. The number of nitrogens with zero attached hydrogens (tertiary/aromatic N) is 3. The van der Waals surface area contributed by atoms with Crippen LogP contribution in [0.1, 0.15) is 28.8 Å². The normalized spacial score (nSPS) is 10.7. The van der Waals surface area contributed by atoms with Gasteiger partial charge in [0.15, 0.2) is 0 Å². The third-order valence-electron chi connectivity index (χ3n) is 5.12. The van der Waals surface area contributed by atoms with Gasteiger partial charge in [0.1, 0.15) is 18.1 Å². The summed E-state index contributed by atoms with van der Waals surface area (Å²) < 4.78 is 8.01. The van der Waals surface area contributed by atoms with E-state index in [-0.39, 0.29) is 5.78 Å².